The molecule has 0 unspecified atom stereocenters. The summed E-state index contributed by atoms with van der Waals surface area (Å²) in [4.78, 5) is 6.98. The Balaban J connectivity index is 2.08. The Bertz CT molecular complexity index is 548. The van der Waals surface area contributed by atoms with Crippen molar-refractivity contribution < 1.29 is 0 Å². The first-order valence-corrected chi connectivity index (χ1v) is 6.73. The maximum absolute atomic E-state index is 5.78. The lowest BCUT2D eigenvalue weighted by Gasteiger charge is -2.28. The van der Waals surface area contributed by atoms with Crippen LogP contribution in [0.3, 0.4) is 0 Å². The Labute approximate surface area is 115 Å². The molecule has 1 heterocycles. The van der Waals surface area contributed by atoms with E-state index in [1.807, 2.05) is 12.1 Å². The van der Waals surface area contributed by atoms with Crippen LogP contribution in [0.4, 0.5) is 0 Å². The van der Waals surface area contributed by atoms with Crippen LogP contribution in [-0.2, 0) is 6.54 Å². The molecule has 2 aromatic rings. The van der Waals surface area contributed by atoms with Gasteiger partial charge in [0.1, 0.15) is 0 Å². The highest BCUT2D eigenvalue weighted by molar-refractivity contribution is 5.78. The average molecular weight is 257 g/mol. The second-order valence-electron chi connectivity index (χ2n) is 6.04. The molecular formula is C16H23N3. The molecule has 1 aromatic heterocycles. The minimum Gasteiger partial charge on any atom is -0.330 e. The van der Waals surface area contributed by atoms with Gasteiger partial charge in [-0.3, -0.25) is 9.88 Å². The zero-order chi connectivity index (χ0) is 13.9. The van der Waals surface area contributed by atoms with Crippen LogP contribution in [-0.4, -0.2) is 30.0 Å². The molecule has 0 saturated carbocycles. The van der Waals surface area contributed by atoms with Gasteiger partial charge in [-0.15, -0.1) is 0 Å². The van der Waals surface area contributed by atoms with Gasteiger partial charge < -0.3 is 5.73 Å². The van der Waals surface area contributed by atoms with E-state index in [1.165, 1.54) is 5.39 Å². The highest BCUT2D eigenvalue weighted by atomic mass is 15.1. The van der Waals surface area contributed by atoms with Gasteiger partial charge in [0.2, 0.25) is 0 Å². The summed E-state index contributed by atoms with van der Waals surface area (Å²) >= 11 is 0. The molecule has 2 rings (SSSR count). The fourth-order valence-electron chi connectivity index (χ4n) is 2.32. The quantitative estimate of drug-likeness (QED) is 0.895. The zero-order valence-electron chi connectivity index (χ0n) is 12.1. The topological polar surface area (TPSA) is 42.2 Å². The number of nitrogens with zero attached hydrogens (tertiary/aromatic N) is 2. The SMILES string of the molecule is CN(Cc1ccc2ccccc2n1)CC(C)(C)CN. The van der Waals surface area contributed by atoms with Crippen molar-refractivity contribution in [2.75, 3.05) is 20.1 Å². The fourth-order valence-corrected chi connectivity index (χ4v) is 2.32. The predicted molar refractivity (Wildman–Crippen MR) is 80.9 cm³/mol. The normalized spacial score (nSPS) is 12.3. The molecule has 0 spiro atoms. The molecule has 0 aliphatic heterocycles. The number of benzene rings is 1. The molecule has 1 aromatic carbocycles. The van der Waals surface area contributed by atoms with E-state index in [-0.39, 0.29) is 5.41 Å². The fraction of sp³-hybridized carbons (Fsp3) is 0.438. The van der Waals surface area contributed by atoms with E-state index in [9.17, 15) is 0 Å². The van der Waals surface area contributed by atoms with Gasteiger partial charge in [-0.25, -0.2) is 0 Å². The Morgan fingerprint density at radius 2 is 1.89 bits per heavy atom. The van der Waals surface area contributed by atoms with E-state index >= 15 is 0 Å². The van der Waals surface area contributed by atoms with Crippen LogP contribution < -0.4 is 5.73 Å². The van der Waals surface area contributed by atoms with Gasteiger partial charge in [0.15, 0.2) is 0 Å². The van der Waals surface area contributed by atoms with Crippen molar-refractivity contribution in [1.29, 1.82) is 0 Å². The maximum atomic E-state index is 5.78. The van der Waals surface area contributed by atoms with Crippen LogP contribution in [0.2, 0.25) is 0 Å². The van der Waals surface area contributed by atoms with Crippen LogP contribution in [0.15, 0.2) is 36.4 Å². The standard InChI is InChI=1S/C16H23N3/c1-16(2,11-17)12-19(3)10-14-9-8-13-6-4-5-7-15(13)18-14/h4-9H,10-12,17H2,1-3H3. The van der Waals surface area contributed by atoms with Crippen molar-refractivity contribution in [3.05, 3.63) is 42.1 Å². The van der Waals surface area contributed by atoms with Gasteiger partial charge >= 0.3 is 0 Å². The minimum atomic E-state index is 0.144. The van der Waals surface area contributed by atoms with Crippen molar-refractivity contribution >= 4 is 10.9 Å². The third kappa shape index (κ3) is 3.75. The minimum absolute atomic E-state index is 0.144. The summed E-state index contributed by atoms with van der Waals surface area (Å²) in [5, 5.41) is 1.19. The molecule has 3 heteroatoms. The van der Waals surface area contributed by atoms with Gasteiger partial charge in [0.25, 0.3) is 0 Å². The monoisotopic (exact) mass is 257 g/mol. The Kier molecular flexibility index (Phi) is 4.17. The van der Waals surface area contributed by atoms with E-state index in [0.29, 0.717) is 6.54 Å². The molecule has 0 fully saturated rings. The van der Waals surface area contributed by atoms with Crippen LogP contribution in [0.1, 0.15) is 19.5 Å². The van der Waals surface area contributed by atoms with Gasteiger partial charge in [-0.05, 0) is 31.1 Å². The Morgan fingerprint density at radius 1 is 1.16 bits per heavy atom. The Hall–Kier alpha value is -1.45. The number of para-hydroxylation sites is 1. The lowest BCUT2D eigenvalue weighted by molar-refractivity contribution is 0.208. The molecule has 3 nitrogen and oxygen atoms in total. The second kappa shape index (κ2) is 5.68. The first kappa shape index (κ1) is 14.0. The zero-order valence-corrected chi connectivity index (χ0v) is 12.1. The molecule has 0 amide bonds. The smallest absolute Gasteiger partial charge is 0.0705 e. The summed E-state index contributed by atoms with van der Waals surface area (Å²) in [7, 11) is 2.12. The summed E-state index contributed by atoms with van der Waals surface area (Å²) < 4.78 is 0. The van der Waals surface area contributed by atoms with Gasteiger partial charge in [0.05, 0.1) is 11.2 Å². The number of aromatic nitrogens is 1. The van der Waals surface area contributed by atoms with Crippen molar-refractivity contribution in [3.63, 3.8) is 0 Å². The van der Waals surface area contributed by atoms with Gasteiger partial charge in [0, 0.05) is 18.5 Å². The molecular weight excluding hydrogens is 234 g/mol. The Morgan fingerprint density at radius 3 is 2.63 bits per heavy atom. The van der Waals surface area contributed by atoms with E-state index in [2.05, 4.69) is 50.1 Å². The third-order valence-electron chi connectivity index (χ3n) is 3.34. The first-order valence-electron chi connectivity index (χ1n) is 6.73. The summed E-state index contributed by atoms with van der Waals surface area (Å²) in [5.74, 6) is 0. The number of hydrogen-bond acceptors (Lipinski definition) is 3. The third-order valence-corrected chi connectivity index (χ3v) is 3.34. The van der Waals surface area contributed by atoms with Gasteiger partial charge in [-0.2, -0.15) is 0 Å². The number of nitrogens with two attached hydrogens (primary N) is 1. The summed E-state index contributed by atoms with van der Waals surface area (Å²) in [6, 6.07) is 12.5. The van der Waals surface area contributed by atoms with Crippen molar-refractivity contribution in [1.82, 2.24) is 9.88 Å². The largest absolute Gasteiger partial charge is 0.330 e. The lowest BCUT2D eigenvalue weighted by Crippen LogP contribution is -2.36. The van der Waals surface area contributed by atoms with E-state index in [1.54, 1.807) is 0 Å². The molecule has 0 saturated heterocycles. The number of hydrogen-bond donors (Lipinski definition) is 1. The highest BCUT2D eigenvalue weighted by Crippen LogP contribution is 2.16. The maximum Gasteiger partial charge on any atom is 0.0705 e. The highest BCUT2D eigenvalue weighted by Gasteiger charge is 2.18. The van der Waals surface area contributed by atoms with Crippen molar-refractivity contribution in [3.8, 4) is 0 Å². The molecule has 0 aliphatic rings. The summed E-state index contributed by atoms with van der Waals surface area (Å²) in [6.07, 6.45) is 0. The lowest BCUT2D eigenvalue weighted by atomic mass is 9.93. The predicted octanol–water partition coefficient (Wildman–Crippen LogP) is 2.65. The first-order chi connectivity index (χ1) is 9.00. The average Bonchev–Trinajstić information content (AvgIpc) is 2.38. The number of fused-ring (bicyclic) bond motifs is 1. The van der Waals surface area contributed by atoms with Gasteiger partial charge in [-0.1, -0.05) is 38.1 Å². The molecule has 0 bridgehead atoms. The van der Waals surface area contributed by atoms with Crippen LogP contribution in [0, 0.1) is 5.41 Å². The van der Waals surface area contributed by atoms with Crippen LogP contribution >= 0.6 is 0 Å². The molecule has 19 heavy (non-hydrogen) atoms. The number of pyridine rings is 1. The molecule has 102 valence electrons. The van der Waals surface area contributed by atoms with E-state index in [0.717, 1.165) is 24.3 Å². The number of rotatable bonds is 5. The van der Waals surface area contributed by atoms with Crippen LogP contribution in [0.25, 0.3) is 10.9 Å². The molecule has 0 aliphatic carbocycles. The van der Waals surface area contributed by atoms with E-state index < -0.39 is 0 Å². The molecule has 0 radical (unpaired) electrons. The van der Waals surface area contributed by atoms with Crippen LogP contribution in [0.5, 0.6) is 0 Å². The summed E-state index contributed by atoms with van der Waals surface area (Å²) in [6.45, 7) is 6.91. The second-order valence-corrected chi connectivity index (χ2v) is 6.04. The molecule has 0 atom stereocenters. The van der Waals surface area contributed by atoms with Crippen molar-refractivity contribution in [2.24, 2.45) is 11.1 Å². The van der Waals surface area contributed by atoms with E-state index in [4.69, 9.17) is 10.7 Å². The molecule has 2 N–H and O–H groups in total. The summed E-state index contributed by atoms with van der Waals surface area (Å²) in [5.41, 5.74) is 8.09. The van der Waals surface area contributed by atoms with Crippen molar-refractivity contribution in [2.45, 2.75) is 20.4 Å².